The molecule has 0 aliphatic carbocycles. The normalized spacial score (nSPS) is 12.0. The molecule has 0 fully saturated rings. The van der Waals surface area contributed by atoms with Gasteiger partial charge in [-0.1, -0.05) is 30.3 Å². The van der Waals surface area contributed by atoms with Gasteiger partial charge in [-0.25, -0.2) is 4.79 Å². The summed E-state index contributed by atoms with van der Waals surface area (Å²) in [5, 5.41) is 5.31. The maximum Gasteiger partial charge on any atom is 0.408 e. The topological polar surface area (TPSA) is 111 Å². The van der Waals surface area contributed by atoms with Crippen molar-refractivity contribution in [1.82, 2.24) is 5.32 Å². The lowest BCUT2D eigenvalue weighted by molar-refractivity contribution is -0.118. The fourth-order valence-electron chi connectivity index (χ4n) is 2.30. The molecule has 0 aliphatic heterocycles. The van der Waals surface area contributed by atoms with Crippen LogP contribution in [-0.2, 0) is 9.53 Å². The second-order valence-electron chi connectivity index (χ2n) is 6.92. The SMILES string of the molecule is CC(C)(C)OC(=O)N[C@H](C(=O)Nc1ccc(C(N)=O)cc1)c1ccccc1. The van der Waals surface area contributed by atoms with Crippen molar-refractivity contribution in [2.45, 2.75) is 32.4 Å². The Labute approximate surface area is 157 Å². The van der Waals surface area contributed by atoms with Crippen molar-refractivity contribution in [1.29, 1.82) is 0 Å². The number of benzene rings is 2. The van der Waals surface area contributed by atoms with Crippen LogP contribution >= 0.6 is 0 Å². The van der Waals surface area contributed by atoms with Crippen LogP contribution in [0.5, 0.6) is 0 Å². The Morgan fingerprint density at radius 1 is 0.963 bits per heavy atom. The number of nitrogens with two attached hydrogens (primary N) is 1. The Balaban J connectivity index is 2.18. The van der Waals surface area contributed by atoms with Crippen molar-refractivity contribution >= 4 is 23.6 Å². The molecule has 0 heterocycles. The molecule has 0 spiro atoms. The van der Waals surface area contributed by atoms with E-state index in [9.17, 15) is 14.4 Å². The summed E-state index contributed by atoms with van der Waals surface area (Å²) in [5.41, 5.74) is 5.93. The number of ether oxygens (including phenoxy) is 1. The zero-order valence-corrected chi connectivity index (χ0v) is 15.5. The zero-order chi connectivity index (χ0) is 20.0. The first-order valence-electron chi connectivity index (χ1n) is 8.41. The summed E-state index contributed by atoms with van der Waals surface area (Å²) in [6, 6.07) is 14.0. The molecule has 2 aromatic rings. The lowest BCUT2D eigenvalue weighted by Crippen LogP contribution is -2.40. The zero-order valence-electron chi connectivity index (χ0n) is 15.5. The number of nitrogens with one attached hydrogen (secondary N) is 2. The molecular weight excluding hydrogens is 346 g/mol. The molecule has 142 valence electrons. The first-order chi connectivity index (χ1) is 12.7. The van der Waals surface area contributed by atoms with Gasteiger partial charge < -0.3 is 21.1 Å². The molecule has 0 bridgehead atoms. The quantitative estimate of drug-likeness (QED) is 0.752. The molecule has 27 heavy (non-hydrogen) atoms. The molecule has 0 radical (unpaired) electrons. The van der Waals surface area contributed by atoms with Gasteiger partial charge in [0.2, 0.25) is 5.91 Å². The first kappa shape index (κ1) is 20.0. The predicted octanol–water partition coefficient (Wildman–Crippen LogP) is 2.99. The van der Waals surface area contributed by atoms with Crippen molar-refractivity contribution in [3.63, 3.8) is 0 Å². The molecule has 4 N–H and O–H groups in total. The molecular formula is C20H23N3O4. The molecule has 0 saturated heterocycles. The maximum absolute atomic E-state index is 12.8. The van der Waals surface area contributed by atoms with Gasteiger partial charge in [-0.2, -0.15) is 0 Å². The number of carbonyl (C=O) groups excluding carboxylic acids is 3. The summed E-state index contributed by atoms with van der Waals surface area (Å²) < 4.78 is 5.25. The lowest BCUT2D eigenvalue weighted by atomic mass is 10.1. The minimum absolute atomic E-state index is 0.333. The van der Waals surface area contributed by atoms with E-state index in [1.165, 1.54) is 12.1 Å². The first-order valence-corrected chi connectivity index (χ1v) is 8.41. The number of alkyl carbamates (subject to hydrolysis) is 1. The number of primary amides is 1. The molecule has 7 heteroatoms. The predicted molar refractivity (Wildman–Crippen MR) is 102 cm³/mol. The fraction of sp³-hybridized carbons (Fsp3) is 0.250. The molecule has 7 nitrogen and oxygen atoms in total. The van der Waals surface area contributed by atoms with Gasteiger partial charge in [0.05, 0.1) is 0 Å². The van der Waals surface area contributed by atoms with E-state index in [4.69, 9.17) is 10.5 Å². The Hall–Kier alpha value is -3.35. The van der Waals surface area contributed by atoms with Crippen molar-refractivity contribution in [3.05, 3.63) is 65.7 Å². The fourth-order valence-corrected chi connectivity index (χ4v) is 2.30. The Morgan fingerprint density at radius 3 is 2.07 bits per heavy atom. The number of rotatable bonds is 5. The van der Waals surface area contributed by atoms with Gasteiger partial charge in [0.1, 0.15) is 11.6 Å². The lowest BCUT2D eigenvalue weighted by Gasteiger charge is -2.23. The van der Waals surface area contributed by atoms with Crippen molar-refractivity contribution in [2.75, 3.05) is 5.32 Å². The van der Waals surface area contributed by atoms with E-state index in [-0.39, 0.29) is 0 Å². The van der Waals surface area contributed by atoms with Crippen molar-refractivity contribution < 1.29 is 19.1 Å². The van der Waals surface area contributed by atoms with Gasteiger partial charge in [-0.15, -0.1) is 0 Å². The van der Waals surface area contributed by atoms with Crippen LogP contribution in [0.1, 0.15) is 42.7 Å². The van der Waals surface area contributed by atoms with Crippen LogP contribution in [-0.4, -0.2) is 23.5 Å². The van der Waals surface area contributed by atoms with E-state index in [1.807, 2.05) is 6.07 Å². The highest BCUT2D eigenvalue weighted by atomic mass is 16.6. The largest absolute Gasteiger partial charge is 0.444 e. The van der Waals surface area contributed by atoms with E-state index in [1.54, 1.807) is 57.2 Å². The molecule has 0 aromatic heterocycles. The minimum Gasteiger partial charge on any atom is -0.444 e. The average Bonchev–Trinajstić information content (AvgIpc) is 2.59. The third-order valence-corrected chi connectivity index (χ3v) is 3.49. The van der Waals surface area contributed by atoms with Gasteiger partial charge in [0.15, 0.2) is 0 Å². The van der Waals surface area contributed by atoms with Crippen LogP contribution in [0.3, 0.4) is 0 Å². The number of hydrogen-bond acceptors (Lipinski definition) is 4. The second kappa shape index (κ2) is 8.35. The number of amides is 3. The monoisotopic (exact) mass is 369 g/mol. The van der Waals surface area contributed by atoms with E-state index >= 15 is 0 Å². The molecule has 1 atom stereocenters. The number of anilines is 1. The second-order valence-corrected chi connectivity index (χ2v) is 6.92. The van der Waals surface area contributed by atoms with Crippen LogP contribution in [0.4, 0.5) is 10.5 Å². The third kappa shape index (κ3) is 6.14. The third-order valence-electron chi connectivity index (χ3n) is 3.49. The highest BCUT2D eigenvalue weighted by molar-refractivity contribution is 5.98. The van der Waals surface area contributed by atoms with Crippen LogP contribution in [0.15, 0.2) is 54.6 Å². The van der Waals surface area contributed by atoms with E-state index in [0.29, 0.717) is 16.8 Å². The standard InChI is InChI=1S/C20H23N3O4/c1-20(2,3)27-19(26)23-16(13-7-5-4-6-8-13)18(25)22-15-11-9-14(10-12-15)17(21)24/h4-12,16H,1-3H3,(H2,21,24)(H,22,25)(H,23,26)/t16-/m0/s1. The Kier molecular flexibility index (Phi) is 6.18. The van der Waals surface area contributed by atoms with Crippen LogP contribution in [0.2, 0.25) is 0 Å². The summed E-state index contributed by atoms with van der Waals surface area (Å²) in [6.07, 6.45) is -0.699. The summed E-state index contributed by atoms with van der Waals surface area (Å²) >= 11 is 0. The van der Waals surface area contributed by atoms with Crippen molar-refractivity contribution in [2.24, 2.45) is 5.73 Å². The molecule has 0 saturated carbocycles. The summed E-state index contributed by atoms with van der Waals surface area (Å²) in [5.74, 6) is -1.000. The van der Waals surface area contributed by atoms with Gasteiger partial charge in [0.25, 0.3) is 5.91 Å². The number of hydrogen-bond donors (Lipinski definition) is 3. The smallest absolute Gasteiger partial charge is 0.408 e. The highest BCUT2D eigenvalue weighted by Crippen LogP contribution is 2.18. The molecule has 3 amide bonds. The van der Waals surface area contributed by atoms with E-state index in [2.05, 4.69) is 10.6 Å². The van der Waals surface area contributed by atoms with Gasteiger partial charge in [-0.05, 0) is 50.6 Å². The van der Waals surface area contributed by atoms with Gasteiger partial charge >= 0.3 is 6.09 Å². The Bertz CT molecular complexity index is 811. The molecule has 2 aromatic carbocycles. The van der Waals surface area contributed by atoms with Crippen LogP contribution in [0.25, 0.3) is 0 Å². The average molecular weight is 369 g/mol. The van der Waals surface area contributed by atoms with Crippen LogP contribution < -0.4 is 16.4 Å². The van der Waals surface area contributed by atoms with Crippen LogP contribution in [0, 0.1) is 0 Å². The van der Waals surface area contributed by atoms with Crippen molar-refractivity contribution in [3.8, 4) is 0 Å². The van der Waals surface area contributed by atoms with E-state index in [0.717, 1.165) is 0 Å². The number of carbonyl (C=O) groups is 3. The highest BCUT2D eigenvalue weighted by Gasteiger charge is 2.25. The van der Waals surface area contributed by atoms with E-state index < -0.39 is 29.6 Å². The van der Waals surface area contributed by atoms with Gasteiger partial charge in [-0.3, -0.25) is 9.59 Å². The Morgan fingerprint density at radius 2 is 1.56 bits per heavy atom. The maximum atomic E-state index is 12.8. The molecule has 0 aliphatic rings. The summed E-state index contributed by atoms with van der Waals surface area (Å²) in [4.78, 5) is 36.1. The summed E-state index contributed by atoms with van der Waals surface area (Å²) in [7, 11) is 0. The summed E-state index contributed by atoms with van der Waals surface area (Å²) in [6.45, 7) is 5.22. The molecule has 2 rings (SSSR count). The minimum atomic E-state index is -0.947. The van der Waals surface area contributed by atoms with Gasteiger partial charge in [0, 0.05) is 11.3 Å². The molecule has 0 unspecified atom stereocenters.